The van der Waals surface area contributed by atoms with E-state index >= 15 is 0 Å². The Kier molecular flexibility index (Phi) is 5.25. The summed E-state index contributed by atoms with van der Waals surface area (Å²) in [7, 11) is 1.96. The number of halogens is 1. The number of amides is 1. The molecular weight excluding hydrogens is 338 g/mol. The Morgan fingerprint density at radius 2 is 2.10 bits per heavy atom. The summed E-state index contributed by atoms with van der Waals surface area (Å²) in [6.45, 7) is 2.57. The Morgan fingerprint density at radius 3 is 2.75 bits per heavy atom. The molecule has 0 bridgehead atoms. The molecule has 1 aromatic heterocycles. The Morgan fingerprint density at radius 1 is 1.40 bits per heavy atom. The first-order valence-corrected chi connectivity index (χ1v) is 8.06. The van der Waals surface area contributed by atoms with Crippen LogP contribution in [0, 0.1) is 0 Å². The standard InChI is InChI=1S/C14H16BrN3OS/c1-3-16-13(19)9-20-14-17-8-12(18(14)2)10-4-6-11(15)7-5-10/h4-8H,3,9H2,1-2H3,(H,16,19). The number of thioether (sulfide) groups is 1. The first-order chi connectivity index (χ1) is 9.61. The van der Waals surface area contributed by atoms with E-state index in [1.807, 2.05) is 49.0 Å². The lowest BCUT2D eigenvalue weighted by atomic mass is 10.2. The van der Waals surface area contributed by atoms with Crippen molar-refractivity contribution in [2.45, 2.75) is 12.1 Å². The van der Waals surface area contributed by atoms with Gasteiger partial charge in [-0.05, 0) is 24.6 Å². The summed E-state index contributed by atoms with van der Waals surface area (Å²) in [6.07, 6.45) is 1.84. The molecule has 2 aromatic rings. The van der Waals surface area contributed by atoms with E-state index in [1.165, 1.54) is 11.8 Å². The number of nitrogens with zero attached hydrogens (tertiary/aromatic N) is 2. The second-order valence-electron chi connectivity index (χ2n) is 4.23. The third kappa shape index (κ3) is 3.64. The minimum absolute atomic E-state index is 0.0330. The van der Waals surface area contributed by atoms with Crippen LogP contribution in [0.4, 0.5) is 0 Å². The lowest BCUT2D eigenvalue weighted by Gasteiger charge is -2.06. The average Bonchev–Trinajstić information content (AvgIpc) is 2.79. The number of hydrogen-bond donors (Lipinski definition) is 1. The smallest absolute Gasteiger partial charge is 0.230 e. The average molecular weight is 354 g/mol. The first kappa shape index (κ1) is 15.1. The molecule has 0 fully saturated rings. The van der Waals surface area contributed by atoms with Crippen LogP contribution in [0.25, 0.3) is 11.3 Å². The van der Waals surface area contributed by atoms with Gasteiger partial charge in [-0.3, -0.25) is 4.79 Å². The fraction of sp³-hybridized carbons (Fsp3) is 0.286. The fourth-order valence-electron chi connectivity index (χ4n) is 1.79. The minimum Gasteiger partial charge on any atom is -0.356 e. The van der Waals surface area contributed by atoms with Crippen molar-refractivity contribution >= 4 is 33.6 Å². The van der Waals surface area contributed by atoms with Crippen LogP contribution in [0.3, 0.4) is 0 Å². The second-order valence-corrected chi connectivity index (χ2v) is 6.09. The largest absolute Gasteiger partial charge is 0.356 e. The zero-order valence-electron chi connectivity index (χ0n) is 11.4. The molecule has 0 saturated heterocycles. The molecule has 4 nitrogen and oxygen atoms in total. The molecule has 1 N–H and O–H groups in total. The number of rotatable bonds is 5. The van der Waals surface area contributed by atoms with Crippen LogP contribution in [0.1, 0.15) is 6.92 Å². The predicted molar refractivity (Wildman–Crippen MR) is 85.8 cm³/mol. The molecule has 1 aromatic carbocycles. The SMILES string of the molecule is CCNC(=O)CSc1ncc(-c2ccc(Br)cc2)n1C. The number of imidazole rings is 1. The van der Waals surface area contributed by atoms with Gasteiger partial charge < -0.3 is 9.88 Å². The molecule has 0 aliphatic heterocycles. The number of hydrogen-bond acceptors (Lipinski definition) is 3. The van der Waals surface area contributed by atoms with Crippen LogP contribution in [0.15, 0.2) is 40.1 Å². The predicted octanol–water partition coefficient (Wildman–Crippen LogP) is 3.08. The normalized spacial score (nSPS) is 10.6. The Bertz CT molecular complexity index is 595. The van der Waals surface area contributed by atoms with E-state index in [2.05, 4.69) is 26.2 Å². The Hall–Kier alpha value is -1.27. The van der Waals surface area contributed by atoms with E-state index < -0.39 is 0 Å². The van der Waals surface area contributed by atoms with Gasteiger partial charge in [-0.15, -0.1) is 0 Å². The van der Waals surface area contributed by atoms with Gasteiger partial charge in [-0.25, -0.2) is 4.98 Å². The van der Waals surface area contributed by atoms with Gasteiger partial charge in [0, 0.05) is 18.1 Å². The van der Waals surface area contributed by atoms with Crippen LogP contribution in [-0.4, -0.2) is 27.8 Å². The second kappa shape index (κ2) is 6.95. The minimum atomic E-state index is 0.0330. The van der Waals surface area contributed by atoms with Gasteiger partial charge >= 0.3 is 0 Å². The molecule has 0 spiro atoms. The number of nitrogens with one attached hydrogen (secondary N) is 1. The third-order valence-electron chi connectivity index (χ3n) is 2.79. The van der Waals surface area contributed by atoms with Crippen LogP contribution in [-0.2, 0) is 11.8 Å². The summed E-state index contributed by atoms with van der Waals surface area (Å²) in [5.41, 5.74) is 2.14. The van der Waals surface area contributed by atoms with Gasteiger partial charge in [0.25, 0.3) is 0 Å². The molecule has 6 heteroatoms. The van der Waals surface area contributed by atoms with Gasteiger partial charge in [-0.2, -0.15) is 0 Å². The molecule has 106 valence electrons. The van der Waals surface area contributed by atoms with Crippen molar-refractivity contribution in [3.8, 4) is 11.3 Å². The van der Waals surface area contributed by atoms with Crippen LogP contribution in [0.5, 0.6) is 0 Å². The van der Waals surface area contributed by atoms with Gasteiger partial charge in [0.2, 0.25) is 5.91 Å². The van der Waals surface area contributed by atoms with Crippen LogP contribution >= 0.6 is 27.7 Å². The fourth-order valence-corrected chi connectivity index (χ4v) is 2.84. The number of carbonyl (C=O) groups is 1. The van der Waals surface area contributed by atoms with Gasteiger partial charge in [0.05, 0.1) is 17.6 Å². The number of carbonyl (C=O) groups excluding carboxylic acids is 1. The highest BCUT2D eigenvalue weighted by Crippen LogP contribution is 2.25. The summed E-state index contributed by atoms with van der Waals surface area (Å²) >= 11 is 4.87. The van der Waals surface area contributed by atoms with Crippen molar-refractivity contribution in [3.63, 3.8) is 0 Å². The maximum Gasteiger partial charge on any atom is 0.230 e. The molecule has 0 aliphatic rings. The molecule has 0 radical (unpaired) electrons. The Balaban J connectivity index is 2.11. The quantitative estimate of drug-likeness (QED) is 0.840. The van der Waals surface area contributed by atoms with Gasteiger partial charge in [0.15, 0.2) is 5.16 Å². The molecule has 1 amide bonds. The highest BCUT2D eigenvalue weighted by atomic mass is 79.9. The summed E-state index contributed by atoms with van der Waals surface area (Å²) in [5, 5.41) is 3.62. The van der Waals surface area contributed by atoms with Crippen molar-refractivity contribution in [1.29, 1.82) is 0 Å². The van der Waals surface area contributed by atoms with Crippen molar-refractivity contribution < 1.29 is 4.79 Å². The Labute approximate surface area is 131 Å². The topological polar surface area (TPSA) is 46.9 Å². The highest BCUT2D eigenvalue weighted by molar-refractivity contribution is 9.10. The molecule has 20 heavy (non-hydrogen) atoms. The molecule has 0 saturated carbocycles. The monoisotopic (exact) mass is 353 g/mol. The number of benzene rings is 1. The molecule has 0 aliphatic carbocycles. The van der Waals surface area contributed by atoms with Crippen molar-refractivity contribution in [2.24, 2.45) is 7.05 Å². The maximum atomic E-state index is 11.5. The summed E-state index contributed by atoms with van der Waals surface area (Å²) in [6, 6.07) is 8.09. The zero-order valence-corrected chi connectivity index (χ0v) is 13.8. The first-order valence-electron chi connectivity index (χ1n) is 6.29. The third-order valence-corrected chi connectivity index (χ3v) is 4.36. The van der Waals surface area contributed by atoms with E-state index in [0.29, 0.717) is 12.3 Å². The van der Waals surface area contributed by atoms with Gasteiger partial charge in [0.1, 0.15) is 0 Å². The van der Waals surface area contributed by atoms with E-state index in [0.717, 1.165) is 20.9 Å². The lowest BCUT2D eigenvalue weighted by Crippen LogP contribution is -2.24. The van der Waals surface area contributed by atoms with Gasteiger partial charge in [-0.1, -0.05) is 39.8 Å². The van der Waals surface area contributed by atoms with E-state index in [4.69, 9.17) is 0 Å². The molecular formula is C14H16BrN3OS. The van der Waals surface area contributed by atoms with E-state index in [-0.39, 0.29) is 5.91 Å². The van der Waals surface area contributed by atoms with Crippen molar-refractivity contribution in [1.82, 2.24) is 14.9 Å². The van der Waals surface area contributed by atoms with Crippen molar-refractivity contribution in [2.75, 3.05) is 12.3 Å². The summed E-state index contributed by atoms with van der Waals surface area (Å²) < 4.78 is 3.06. The highest BCUT2D eigenvalue weighted by Gasteiger charge is 2.10. The lowest BCUT2D eigenvalue weighted by molar-refractivity contribution is -0.118. The summed E-state index contributed by atoms with van der Waals surface area (Å²) in [4.78, 5) is 15.8. The molecule has 0 atom stereocenters. The number of aromatic nitrogens is 2. The van der Waals surface area contributed by atoms with Crippen molar-refractivity contribution in [3.05, 3.63) is 34.9 Å². The molecule has 2 rings (SSSR count). The van der Waals surface area contributed by atoms with Crippen LogP contribution in [0.2, 0.25) is 0 Å². The maximum absolute atomic E-state index is 11.5. The van der Waals surface area contributed by atoms with E-state index in [1.54, 1.807) is 0 Å². The molecule has 0 unspecified atom stereocenters. The van der Waals surface area contributed by atoms with E-state index in [9.17, 15) is 4.79 Å². The zero-order chi connectivity index (χ0) is 14.5. The molecule has 1 heterocycles. The van der Waals surface area contributed by atoms with Crippen LogP contribution < -0.4 is 5.32 Å². The summed E-state index contributed by atoms with van der Waals surface area (Å²) in [5.74, 6) is 0.420.